The Balaban J connectivity index is 0.000000171. The predicted molar refractivity (Wildman–Crippen MR) is 77.8 cm³/mol. The first-order chi connectivity index (χ1) is 7.99. The lowest BCUT2D eigenvalue weighted by Crippen LogP contribution is -1.94. The summed E-state index contributed by atoms with van der Waals surface area (Å²) in [4.78, 5) is 11.1. The fourth-order valence-electron chi connectivity index (χ4n) is 0.775. The van der Waals surface area contributed by atoms with E-state index in [1.165, 1.54) is 0 Å². The molecule has 2 heterocycles. The second-order valence-electron chi connectivity index (χ2n) is 2.78. The molecule has 4 N–H and O–H groups in total. The monoisotopic (exact) mass is 383 g/mol. The van der Waals surface area contributed by atoms with E-state index < -0.39 is 0 Å². The molecule has 0 aliphatic rings. The van der Waals surface area contributed by atoms with Crippen molar-refractivity contribution in [2.45, 2.75) is 0 Å². The van der Waals surface area contributed by atoms with Crippen LogP contribution in [0, 0.1) is 3.57 Å². The van der Waals surface area contributed by atoms with E-state index in [4.69, 9.17) is 34.7 Å². The van der Waals surface area contributed by atoms with Crippen LogP contribution in [0.3, 0.4) is 0 Å². The summed E-state index contributed by atoms with van der Waals surface area (Å²) in [5.74, 6) is 0.426. The molecule has 0 spiro atoms. The van der Waals surface area contributed by atoms with Gasteiger partial charge in [-0.1, -0.05) is 11.6 Å². The number of nitrogens with two attached hydrogens (primary N) is 2. The van der Waals surface area contributed by atoms with Crippen molar-refractivity contribution in [3.8, 4) is 0 Å². The normalized spacial score (nSPS) is 9.35. The molecule has 8 heteroatoms. The number of aromatic nitrogens is 3. The van der Waals surface area contributed by atoms with Crippen LogP contribution in [-0.4, -0.2) is 15.0 Å². The van der Waals surface area contributed by atoms with Gasteiger partial charge in [-0.2, -0.15) is 4.98 Å². The fraction of sp³-hybridized carbons (Fsp3) is 0. The van der Waals surface area contributed by atoms with Gasteiger partial charge in [0.25, 0.3) is 0 Å². The van der Waals surface area contributed by atoms with Gasteiger partial charge in [0.1, 0.15) is 11.0 Å². The third-order valence-corrected chi connectivity index (χ3v) is 2.71. The van der Waals surface area contributed by atoms with E-state index in [9.17, 15) is 0 Å². The average molecular weight is 384 g/mol. The molecule has 0 bridgehead atoms. The molecule has 2 rings (SSSR count). The van der Waals surface area contributed by atoms with Gasteiger partial charge in [-0.15, -0.1) is 0 Å². The van der Waals surface area contributed by atoms with Crippen molar-refractivity contribution >= 4 is 57.3 Å². The Morgan fingerprint density at radius 3 is 2.29 bits per heavy atom. The van der Waals surface area contributed by atoms with Gasteiger partial charge in [0.05, 0.1) is 3.57 Å². The summed E-state index contributed by atoms with van der Waals surface area (Å²) in [6, 6.07) is 3.29. The Hall–Kier alpha value is -0.860. The Labute approximate surface area is 122 Å². The van der Waals surface area contributed by atoms with Crippen molar-refractivity contribution < 1.29 is 0 Å². The quantitative estimate of drug-likeness (QED) is 0.414. The van der Waals surface area contributed by atoms with E-state index in [0.717, 1.165) is 3.57 Å². The fourth-order valence-corrected chi connectivity index (χ4v) is 1.36. The molecule has 90 valence electrons. The number of anilines is 2. The highest BCUT2D eigenvalue weighted by molar-refractivity contribution is 14.1. The van der Waals surface area contributed by atoms with Gasteiger partial charge in [-0.25, -0.2) is 9.97 Å². The van der Waals surface area contributed by atoms with Crippen LogP contribution in [0.15, 0.2) is 24.5 Å². The van der Waals surface area contributed by atoms with Gasteiger partial charge in [0.15, 0.2) is 0 Å². The second kappa shape index (κ2) is 6.77. The maximum Gasteiger partial charge on any atom is 0.224 e. The molecular weight excluding hydrogens is 376 g/mol. The maximum absolute atomic E-state index is 5.45. The molecule has 0 unspecified atom stereocenters. The number of pyridine rings is 1. The van der Waals surface area contributed by atoms with E-state index in [0.29, 0.717) is 16.7 Å². The number of hydrogen-bond donors (Lipinski definition) is 2. The van der Waals surface area contributed by atoms with E-state index >= 15 is 0 Å². The Morgan fingerprint density at radius 2 is 1.88 bits per heavy atom. The summed E-state index contributed by atoms with van der Waals surface area (Å²) in [5.41, 5.74) is 11.4. The molecule has 0 aliphatic heterocycles. The summed E-state index contributed by atoms with van der Waals surface area (Å²) in [6.45, 7) is 0. The lowest BCUT2D eigenvalue weighted by molar-refractivity contribution is 1.16. The number of nitrogens with zero attached hydrogens (tertiary/aromatic N) is 3. The SMILES string of the molecule is Nc1ccnc(Cl)c1.Nc1nc(Cl)ncc1I. The molecule has 0 saturated heterocycles. The topological polar surface area (TPSA) is 90.7 Å². The summed E-state index contributed by atoms with van der Waals surface area (Å²) in [6.07, 6.45) is 3.14. The maximum atomic E-state index is 5.45. The molecular formula is C9H8Cl2IN5. The van der Waals surface area contributed by atoms with Crippen LogP contribution < -0.4 is 11.5 Å². The lowest BCUT2D eigenvalue weighted by Gasteiger charge is -1.93. The Kier molecular flexibility index (Phi) is 5.66. The Morgan fingerprint density at radius 1 is 1.18 bits per heavy atom. The second-order valence-corrected chi connectivity index (χ2v) is 4.67. The van der Waals surface area contributed by atoms with E-state index in [2.05, 4.69) is 15.0 Å². The summed E-state index contributed by atoms with van der Waals surface area (Å²) < 4.78 is 0.817. The first kappa shape index (κ1) is 14.2. The van der Waals surface area contributed by atoms with Crippen LogP contribution in [-0.2, 0) is 0 Å². The first-order valence-electron chi connectivity index (χ1n) is 4.29. The van der Waals surface area contributed by atoms with Crippen LogP contribution in [0.2, 0.25) is 10.4 Å². The van der Waals surface area contributed by atoms with Gasteiger partial charge < -0.3 is 11.5 Å². The van der Waals surface area contributed by atoms with Crippen molar-refractivity contribution in [3.63, 3.8) is 0 Å². The zero-order chi connectivity index (χ0) is 12.8. The van der Waals surface area contributed by atoms with Crippen molar-refractivity contribution in [2.24, 2.45) is 0 Å². The van der Waals surface area contributed by atoms with Crippen LogP contribution >= 0.6 is 45.8 Å². The highest BCUT2D eigenvalue weighted by Crippen LogP contribution is 2.11. The summed E-state index contributed by atoms with van der Waals surface area (Å²) in [7, 11) is 0. The lowest BCUT2D eigenvalue weighted by atomic mass is 10.4. The molecule has 0 fully saturated rings. The standard InChI is InChI=1S/C5H5ClN2.C4H3ClIN3/c6-5-3-4(7)1-2-8-5;5-4-8-1-2(6)3(7)9-4/h1-3H,(H2,7,8);1H,(H2,7,8,9). The average Bonchev–Trinajstić information content (AvgIpc) is 2.24. The van der Waals surface area contributed by atoms with Crippen LogP contribution in [0.4, 0.5) is 11.5 Å². The molecule has 0 radical (unpaired) electrons. The van der Waals surface area contributed by atoms with Gasteiger partial charge >= 0.3 is 0 Å². The largest absolute Gasteiger partial charge is 0.399 e. The minimum atomic E-state index is 0.188. The predicted octanol–water partition coefficient (Wildman–Crippen LogP) is 2.63. The molecule has 2 aromatic heterocycles. The number of rotatable bonds is 0. The zero-order valence-corrected chi connectivity index (χ0v) is 12.1. The van der Waals surface area contributed by atoms with Gasteiger partial charge in [-0.05, 0) is 46.3 Å². The summed E-state index contributed by atoms with van der Waals surface area (Å²) >= 11 is 12.9. The summed E-state index contributed by atoms with van der Waals surface area (Å²) in [5, 5.41) is 0.623. The van der Waals surface area contributed by atoms with Gasteiger partial charge in [-0.3, -0.25) is 0 Å². The van der Waals surface area contributed by atoms with E-state index in [1.807, 2.05) is 22.6 Å². The smallest absolute Gasteiger partial charge is 0.224 e. The van der Waals surface area contributed by atoms with Crippen LogP contribution in [0.1, 0.15) is 0 Å². The van der Waals surface area contributed by atoms with Crippen molar-refractivity contribution in [2.75, 3.05) is 11.5 Å². The van der Waals surface area contributed by atoms with Crippen LogP contribution in [0.25, 0.3) is 0 Å². The number of halogens is 3. The van der Waals surface area contributed by atoms with E-state index in [-0.39, 0.29) is 5.28 Å². The highest BCUT2D eigenvalue weighted by Gasteiger charge is 1.96. The molecule has 2 aromatic rings. The molecule has 0 amide bonds. The number of nitrogen functional groups attached to an aromatic ring is 2. The third-order valence-electron chi connectivity index (χ3n) is 1.49. The molecule has 0 saturated carbocycles. The molecule has 0 aromatic carbocycles. The van der Waals surface area contributed by atoms with Gasteiger partial charge in [0, 0.05) is 18.1 Å². The molecule has 0 aliphatic carbocycles. The number of hydrogen-bond acceptors (Lipinski definition) is 5. The zero-order valence-electron chi connectivity index (χ0n) is 8.44. The van der Waals surface area contributed by atoms with Crippen LogP contribution in [0.5, 0.6) is 0 Å². The molecule has 17 heavy (non-hydrogen) atoms. The molecule has 5 nitrogen and oxygen atoms in total. The first-order valence-corrected chi connectivity index (χ1v) is 6.13. The van der Waals surface area contributed by atoms with E-state index in [1.54, 1.807) is 24.5 Å². The van der Waals surface area contributed by atoms with Gasteiger partial charge in [0.2, 0.25) is 5.28 Å². The highest BCUT2D eigenvalue weighted by atomic mass is 127. The molecule has 0 atom stereocenters. The third kappa shape index (κ3) is 5.33. The minimum Gasteiger partial charge on any atom is -0.399 e. The minimum absolute atomic E-state index is 0.188. The van der Waals surface area contributed by atoms with Crippen molar-refractivity contribution in [1.29, 1.82) is 0 Å². The van der Waals surface area contributed by atoms with Crippen molar-refractivity contribution in [3.05, 3.63) is 38.5 Å². The Bertz CT molecular complexity index is 491. The van der Waals surface area contributed by atoms with Crippen molar-refractivity contribution in [1.82, 2.24) is 15.0 Å².